The van der Waals surface area contributed by atoms with Gasteiger partial charge >= 0.3 is 0 Å². The molecule has 0 aliphatic rings. The lowest BCUT2D eigenvalue weighted by atomic mass is 10.1. The number of hydrogen-bond donors (Lipinski definition) is 1. The molecular formula is C22H24N2O2. The Hall–Kier alpha value is -3.01. The molecular weight excluding hydrogens is 324 g/mol. The lowest BCUT2D eigenvalue weighted by molar-refractivity contribution is 0.217. The summed E-state index contributed by atoms with van der Waals surface area (Å²) in [6.07, 6.45) is 1.78. The molecule has 0 aliphatic heterocycles. The minimum absolute atomic E-state index is 0.512. The number of rotatable bonds is 8. The van der Waals surface area contributed by atoms with Crippen molar-refractivity contribution in [1.29, 1.82) is 0 Å². The zero-order valence-electron chi connectivity index (χ0n) is 15.2. The zero-order chi connectivity index (χ0) is 18.2. The summed E-state index contributed by atoms with van der Waals surface area (Å²) < 4.78 is 11.5. The van der Waals surface area contributed by atoms with E-state index in [1.807, 2.05) is 42.5 Å². The molecule has 0 bridgehead atoms. The summed E-state index contributed by atoms with van der Waals surface area (Å²) in [7, 11) is 0. The van der Waals surface area contributed by atoms with Crippen LogP contribution in [0, 0.1) is 13.8 Å². The standard InChI is InChI=1S/C22H24N2O2/c1-17-13-18(2)15-21(14-17)26-12-11-25-20-8-6-19(7-9-20)16-24-22-5-3-4-10-23-22/h3-10,13-15H,11-12,16H2,1-2H3,(H,23,24). The van der Waals surface area contributed by atoms with Crippen LogP contribution in [0.1, 0.15) is 16.7 Å². The van der Waals surface area contributed by atoms with E-state index in [4.69, 9.17) is 9.47 Å². The Morgan fingerprint density at radius 2 is 1.50 bits per heavy atom. The Balaban J connectivity index is 1.41. The smallest absolute Gasteiger partial charge is 0.126 e. The second-order valence-corrected chi connectivity index (χ2v) is 6.23. The number of aromatic nitrogens is 1. The van der Waals surface area contributed by atoms with E-state index in [0.29, 0.717) is 13.2 Å². The Morgan fingerprint density at radius 3 is 2.15 bits per heavy atom. The third kappa shape index (κ3) is 5.52. The van der Waals surface area contributed by atoms with Gasteiger partial charge in [-0.25, -0.2) is 4.98 Å². The molecule has 0 aliphatic carbocycles. The average Bonchev–Trinajstić information content (AvgIpc) is 2.65. The SMILES string of the molecule is Cc1cc(C)cc(OCCOc2ccc(CNc3ccccn3)cc2)c1. The van der Waals surface area contributed by atoms with Crippen molar-refractivity contribution in [3.8, 4) is 11.5 Å². The largest absolute Gasteiger partial charge is 0.490 e. The highest BCUT2D eigenvalue weighted by molar-refractivity contribution is 5.36. The summed E-state index contributed by atoms with van der Waals surface area (Å²) in [5, 5.41) is 3.29. The van der Waals surface area contributed by atoms with Crippen LogP contribution in [0.3, 0.4) is 0 Å². The van der Waals surface area contributed by atoms with Crippen molar-refractivity contribution < 1.29 is 9.47 Å². The van der Waals surface area contributed by atoms with E-state index in [1.165, 1.54) is 16.7 Å². The molecule has 4 nitrogen and oxygen atoms in total. The van der Waals surface area contributed by atoms with Crippen LogP contribution in [0.15, 0.2) is 66.9 Å². The van der Waals surface area contributed by atoms with E-state index in [0.717, 1.165) is 23.9 Å². The van der Waals surface area contributed by atoms with Gasteiger partial charge in [-0.2, -0.15) is 0 Å². The van der Waals surface area contributed by atoms with Gasteiger partial charge in [-0.05, 0) is 66.9 Å². The minimum Gasteiger partial charge on any atom is -0.490 e. The van der Waals surface area contributed by atoms with Crippen molar-refractivity contribution in [2.24, 2.45) is 0 Å². The van der Waals surface area contributed by atoms with Crippen LogP contribution in [0.2, 0.25) is 0 Å². The normalized spacial score (nSPS) is 10.4. The molecule has 0 spiro atoms. The molecule has 3 rings (SSSR count). The number of anilines is 1. The fourth-order valence-electron chi connectivity index (χ4n) is 2.70. The second-order valence-electron chi connectivity index (χ2n) is 6.23. The molecule has 0 unspecified atom stereocenters. The van der Waals surface area contributed by atoms with Gasteiger partial charge in [0.2, 0.25) is 0 Å². The number of hydrogen-bond acceptors (Lipinski definition) is 4. The van der Waals surface area contributed by atoms with Gasteiger partial charge in [0, 0.05) is 12.7 Å². The fraction of sp³-hybridized carbons (Fsp3) is 0.227. The number of ether oxygens (including phenoxy) is 2. The van der Waals surface area contributed by atoms with Crippen molar-refractivity contribution in [3.05, 3.63) is 83.6 Å². The summed E-state index contributed by atoms with van der Waals surface area (Å²) in [5.74, 6) is 2.61. The highest BCUT2D eigenvalue weighted by Crippen LogP contribution is 2.17. The molecule has 3 aromatic rings. The number of aryl methyl sites for hydroxylation is 2. The molecule has 1 aromatic heterocycles. The lowest BCUT2D eigenvalue weighted by Crippen LogP contribution is -2.09. The number of benzene rings is 2. The van der Waals surface area contributed by atoms with Crippen LogP contribution in [-0.2, 0) is 6.54 Å². The third-order valence-electron chi connectivity index (χ3n) is 3.88. The van der Waals surface area contributed by atoms with Gasteiger partial charge in [0.25, 0.3) is 0 Å². The van der Waals surface area contributed by atoms with Gasteiger partial charge in [-0.1, -0.05) is 24.3 Å². The molecule has 0 amide bonds. The maximum Gasteiger partial charge on any atom is 0.126 e. The fourth-order valence-corrected chi connectivity index (χ4v) is 2.70. The molecule has 0 radical (unpaired) electrons. The van der Waals surface area contributed by atoms with E-state index in [1.54, 1.807) is 6.20 Å². The van der Waals surface area contributed by atoms with Crippen LogP contribution in [0.5, 0.6) is 11.5 Å². The van der Waals surface area contributed by atoms with Gasteiger partial charge < -0.3 is 14.8 Å². The summed E-state index contributed by atoms with van der Waals surface area (Å²) in [6.45, 7) is 5.90. The molecule has 0 fully saturated rings. The van der Waals surface area contributed by atoms with Gasteiger partial charge in [-0.3, -0.25) is 0 Å². The first-order valence-corrected chi connectivity index (χ1v) is 8.77. The van der Waals surface area contributed by atoms with Gasteiger partial charge in [0.1, 0.15) is 30.5 Å². The number of nitrogens with zero attached hydrogens (tertiary/aromatic N) is 1. The van der Waals surface area contributed by atoms with Crippen molar-refractivity contribution in [2.45, 2.75) is 20.4 Å². The Kier molecular flexibility index (Phi) is 6.09. The number of nitrogens with one attached hydrogen (secondary N) is 1. The summed E-state index contributed by atoms with van der Waals surface area (Å²) >= 11 is 0. The predicted molar refractivity (Wildman–Crippen MR) is 105 cm³/mol. The first-order valence-electron chi connectivity index (χ1n) is 8.77. The zero-order valence-corrected chi connectivity index (χ0v) is 15.2. The van der Waals surface area contributed by atoms with Gasteiger partial charge in [-0.15, -0.1) is 0 Å². The Morgan fingerprint density at radius 1 is 0.808 bits per heavy atom. The first kappa shape index (κ1) is 17.8. The third-order valence-corrected chi connectivity index (χ3v) is 3.88. The molecule has 0 atom stereocenters. The molecule has 1 heterocycles. The van der Waals surface area contributed by atoms with E-state index < -0.39 is 0 Å². The lowest BCUT2D eigenvalue weighted by Gasteiger charge is -2.10. The number of pyridine rings is 1. The summed E-state index contributed by atoms with van der Waals surface area (Å²) in [6, 6.07) is 20.1. The van der Waals surface area contributed by atoms with Crippen molar-refractivity contribution in [1.82, 2.24) is 4.98 Å². The monoisotopic (exact) mass is 348 g/mol. The summed E-state index contributed by atoms with van der Waals surface area (Å²) in [5.41, 5.74) is 3.58. The molecule has 0 saturated carbocycles. The topological polar surface area (TPSA) is 43.4 Å². The van der Waals surface area contributed by atoms with E-state index in [9.17, 15) is 0 Å². The van der Waals surface area contributed by atoms with Crippen LogP contribution in [-0.4, -0.2) is 18.2 Å². The van der Waals surface area contributed by atoms with Crippen molar-refractivity contribution >= 4 is 5.82 Å². The van der Waals surface area contributed by atoms with E-state index in [2.05, 4.69) is 42.3 Å². The average molecular weight is 348 g/mol. The van der Waals surface area contributed by atoms with Gasteiger partial charge in [0.15, 0.2) is 0 Å². The summed E-state index contributed by atoms with van der Waals surface area (Å²) in [4.78, 5) is 4.25. The molecule has 4 heteroatoms. The minimum atomic E-state index is 0.512. The van der Waals surface area contributed by atoms with Crippen LogP contribution >= 0.6 is 0 Å². The molecule has 0 saturated heterocycles. The maximum atomic E-state index is 5.76. The first-order chi connectivity index (χ1) is 12.7. The Bertz CT molecular complexity index is 797. The molecule has 134 valence electrons. The quantitative estimate of drug-likeness (QED) is 0.596. The van der Waals surface area contributed by atoms with Gasteiger partial charge in [0.05, 0.1) is 0 Å². The van der Waals surface area contributed by atoms with Crippen LogP contribution in [0.25, 0.3) is 0 Å². The maximum absolute atomic E-state index is 5.76. The van der Waals surface area contributed by atoms with Crippen LogP contribution < -0.4 is 14.8 Å². The van der Waals surface area contributed by atoms with Crippen molar-refractivity contribution in [2.75, 3.05) is 18.5 Å². The van der Waals surface area contributed by atoms with E-state index in [-0.39, 0.29) is 0 Å². The molecule has 2 aromatic carbocycles. The Labute approximate surface area is 154 Å². The second kappa shape index (κ2) is 8.90. The molecule has 26 heavy (non-hydrogen) atoms. The van der Waals surface area contributed by atoms with Crippen molar-refractivity contribution in [3.63, 3.8) is 0 Å². The van der Waals surface area contributed by atoms with E-state index >= 15 is 0 Å². The molecule has 1 N–H and O–H groups in total. The predicted octanol–water partition coefficient (Wildman–Crippen LogP) is 4.77. The van der Waals surface area contributed by atoms with Crippen LogP contribution in [0.4, 0.5) is 5.82 Å². The highest BCUT2D eigenvalue weighted by Gasteiger charge is 1.99. The highest BCUT2D eigenvalue weighted by atomic mass is 16.5.